The zero-order valence-corrected chi connectivity index (χ0v) is 12.4. The van der Waals surface area contributed by atoms with Crippen LogP contribution in [0.5, 0.6) is 0 Å². The van der Waals surface area contributed by atoms with Gasteiger partial charge in [0.1, 0.15) is 0 Å². The smallest absolute Gasteiger partial charge is 0.0910 e. The van der Waals surface area contributed by atoms with Gasteiger partial charge in [-0.25, -0.2) is 4.99 Å². The predicted octanol–water partition coefficient (Wildman–Crippen LogP) is 3.71. The summed E-state index contributed by atoms with van der Waals surface area (Å²) >= 11 is 8.40. The van der Waals surface area contributed by atoms with E-state index in [1.807, 2.05) is 37.2 Å². The van der Waals surface area contributed by atoms with Crippen molar-refractivity contribution in [2.45, 2.75) is 0 Å². The number of halogens is 2. The van der Waals surface area contributed by atoms with E-state index in [9.17, 15) is 0 Å². The number of rotatable bonds is 2. The fourth-order valence-corrected chi connectivity index (χ4v) is 2.65. The van der Waals surface area contributed by atoms with Crippen molar-refractivity contribution in [1.82, 2.24) is 9.88 Å². The molecule has 17 heavy (non-hydrogen) atoms. The second-order valence-electron chi connectivity index (χ2n) is 3.80. The molecule has 0 atom stereocenters. The summed E-state index contributed by atoms with van der Waals surface area (Å²) in [5.41, 5.74) is 1.70. The van der Waals surface area contributed by atoms with Crippen molar-refractivity contribution < 1.29 is 0 Å². The molecule has 1 heterocycles. The van der Waals surface area contributed by atoms with Gasteiger partial charge in [0, 0.05) is 29.2 Å². The Bertz CT molecular complexity index is 581. The molecule has 0 radical (unpaired) electrons. The van der Waals surface area contributed by atoms with Crippen LogP contribution in [0.25, 0.3) is 10.9 Å². The second kappa shape index (κ2) is 5.18. The first-order valence-corrected chi connectivity index (χ1v) is 6.48. The molecule has 2 rings (SSSR count). The lowest BCUT2D eigenvalue weighted by Crippen LogP contribution is -2.07. The maximum atomic E-state index is 6.17. The largest absolute Gasteiger partial charge is 0.369 e. The van der Waals surface area contributed by atoms with Crippen molar-refractivity contribution >= 4 is 57.1 Å². The van der Waals surface area contributed by atoms with E-state index in [1.54, 1.807) is 12.5 Å². The molecule has 5 heteroatoms. The molecule has 0 aliphatic rings. The summed E-state index contributed by atoms with van der Waals surface area (Å²) < 4.78 is 1.02. The van der Waals surface area contributed by atoms with Gasteiger partial charge in [0.15, 0.2) is 0 Å². The molecule has 0 bridgehead atoms. The van der Waals surface area contributed by atoms with E-state index in [0.717, 1.165) is 20.2 Å². The van der Waals surface area contributed by atoms with Crippen molar-refractivity contribution in [3.05, 3.63) is 33.0 Å². The van der Waals surface area contributed by atoms with Gasteiger partial charge in [-0.2, -0.15) is 0 Å². The molecule has 0 saturated heterocycles. The Morgan fingerprint density at radius 2 is 2.24 bits per heavy atom. The van der Waals surface area contributed by atoms with Gasteiger partial charge < -0.3 is 4.90 Å². The molecule has 0 amide bonds. The van der Waals surface area contributed by atoms with Crippen molar-refractivity contribution in [1.29, 1.82) is 0 Å². The average Bonchev–Trinajstić information content (AvgIpc) is 2.28. The summed E-state index contributed by atoms with van der Waals surface area (Å²) in [5, 5.41) is 1.64. The van der Waals surface area contributed by atoms with E-state index in [1.165, 1.54) is 0 Å². The minimum Gasteiger partial charge on any atom is -0.369 e. The van der Waals surface area contributed by atoms with Crippen LogP contribution < -0.4 is 0 Å². The van der Waals surface area contributed by atoms with E-state index in [2.05, 4.69) is 32.6 Å². The Balaban J connectivity index is 2.69. The van der Waals surface area contributed by atoms with Crippen LogP contribution in [0.4, 0.5) is 5.69 Å². The van der Waals surface area contributed by atoms with E-state index >= 15 is 0 Å². The molecule has 0 unspecified atom stereocenters. The van der Waals surface area contributed by atoms with Crippen LogP contribution in [0.15, 0.2) is 29.4 Å². The monoisotopic (exact) mass is 359 g/mol. The highest BCUT2D eigenvalue weighted by atomic mass is 127. The van der Waals surface area contributed by atoms with Gasteiger partial charge in [0.2, 0.25) is 0 Å². The van der Waals surface area contributed by atoms with Crippen molar-refractivity contribution in [2.75, 3.05) is 14.1 Å². The van der Waals surface area contributed by atoms with Gasteiger partial charge in [-0.15, -0.1) is 0 Å². The Morgan fingerprint density at radius 3 is 2.94 bits per heavy atom. The van der Waals surface area contributed by atoms with Gasteiger partial charge in [-0.05, 0) is 40.8 Å². The van der Waals surface area contributed by atoms with Crippen LogP contribution in [0.3, 0.4) is 0 Å². The molecule has 0 N–H and O–H groups in total. The third kappa shape index (κ3) is 2.69. The fraction of sp³-hybridized carbons (Fsp3) is 0.167. The number of aliphatic imine (C=N–C) groups is 1. The number of benzene rings is 1. The first-order valence-electron chi connectivity index (χ1n) is 5.03. The molecule has 0 aliphatic carbocycles. The quantitative estimate of drug-likeness (QED) is 0.464. The molecule has 1 aromatic carbocycles. The SMILES string of the molecule is CN(C)/C=N/c1c(I)cc(Cl)c2ncccc12. The normalized spacial score (nSPS) is 11.3. The molecular weight excluding hydrogens is 349 g/mol. The first kappa shape index (κ1) is 12.6. The van der Waals surface area contributed by atoms with Crippen LogP contribution >= 0.6 is 34.2 Å². The Labute approximate surface area is 119 Å². The summed E-state index contributed by atoms with van der Waals surface area (Å²) in [6, 6.07) is 5.77. The Kier molecular flexibility index (Phi) is 3.83. The number of hydrogen-bond donors (Lipinski definition) is 0. The lowest BCUT2D eigenvalue weighted by atomic mass is 10.2. The highest BCUT2D eigenvalue weighted by Crippen LogP contribution is 2.34. The zero-order valence-electron chi connectivity index (χ0n) is 9.48. The van der Waals surface area contributed by atoms with Gasteiger partial charge >= 0.3 is 0 Å². The predicted molar refractivity (Wildman–Crippen MR) is 81.3 cm³/mol. The van der Waals surface area contributed by atoms with Gasteiger partial charge in [-0.1, -0.05) is 11.6 Å². The van der Waals surface area contributed by atoms with E-state index in [-0.39, 0.29) is 0 Å². The highest BCUT2D eigenvalue weighted by molar-refractivity contribution is 14.1. The van der Waals surface area contributed by atoms with Crippen molar-refractivity contribution in [3.8, 4) is 0 Å². The topological polar surface area (TPSA) is 28.5 Å². The molecule has 88 valence electrons. The minimum absolute atomic E-state index is 0.661. The maximum Gasteiger partial charge on any atom is 0.0910 e. The summed E-state index contributed by atoms with van der Waals surface area (Å²) in [7, 11) is 3.87. The lowest BCUT2D eigenvalue weighted by Gasteiger charge is -2.07. The third-order valence-corrected chi connectivity index (χ3v) is 3.30. The molecule has 1 aromatic heterocycles. The molecule has 0 spiro atoms. The van der Waals surface area contributed by atoms with Crippen LogP contribution in [0, 0.1) is 3.57 Å². The van der Waals surface area contributed by atoms with Gasteiger partial charge in [0.05, 0.1) is 22.6 Å². The number of fused-ring (bicyclic) bond motifs is 1. The lowest BCUT2D eigenvalue weighted by molar-refractivity contribution is 0.643. The Hall–Kier alpha value is -0.880. The van der Waals surface area contributed by atoms with Crippen LogP contribution in [-0.2, 0) is 0 Å². The Morgan fingerprint density at radius 1 is 1.47 bits per heavy atom. The summed E-state index contributed by atoms with van der Waals surface area (Å²) in [4.78, 5) is 10.7. The van der Waals surface area contributed by atoms with E-state index < -0.39 is 0 Å². The summed E-state index contributed by atoms with van der Waals surface area (Å²) in [6.07, 6.45) is 3.51. The number of nitrogens with zero attached hydrogens (tertiary/aromatic N) is 3. The summed E-state index contributed by atoms with van der Waals surface area (Å²) in [5.74, 6) is 0. The third-order valence-electron chi connectivity index (χ3n) is 2.19. The number of aromatic nitrogens is 1. The fourth-order valence-electron chi connectivity index (χ4n) is 1.47. The molecule has 3 nitrogen and oxygen atoms in total. The van der Waals surface area contributed by atoms with Crippen molar-refractivity contribution in [2.24, 2.45) is 4.99 Å². The first-order chi connectivity index (χ1) is 8.09. The van der Waals surface area contributed by atoms with E-state index in [4.69, 9.17) is 11.6 Å². The molecule has 0 fully saturated rings. The zero-order chi connectivity index (χ0) is 12.4. The number of hydrogen-bond acceptors (Lipinski definition) is 2. The number of pyridine rings is 1. The molecule has 0 saturated carbocycles. The summed E-state index contributed by atoms with van der Waals surface area (Å²) in [6.45, 7) is 0. The van der Waals surface area contributed by atoms with Crippen molar-refractivity contribution in [3.63, 3.8) is 0 Å². The van der Waals surface area contributed by atoms with Crippen LogP contribution in [0.2, 0.25) is 5.02 Å². The minimum atomic E-state index is 0.661. The molecular formula is C12H11ClIN3. The second-order valence-corrected chi connectivity index (χ2v) is 5.37. The highest BCUT2D eigenvalue weighted by Gasteiger charge is 2.09. The van der Waals surface area contributed by atoms with Gasteiger partial charge in [0.25, 0.3) is 0 Å². The van der Waals surface area contributed by atoms with Gasteiger partial charge in [-0.3, -0.25) is 4.98 Å². The maximum absolute atomic E-state index is 6.17. The van der Waals surface area contributed by atoms with E-state index in [0.29, 0.717) is 5.02 Å². The average molecular weight is 360 g/mol. The standard InChI is InChI=1S/C12H11ClIN3/c1-17(2)7-16-12-8-4-3-5-15-11(8)9(13)6-10(12)14/h3-7H,1-2H3/b16-7+. The molecule has 2 aromatic rings. The molecule has 0 aliphatic heterocycles. The van der Waals surface area contributed by atoms with Crippen LogP contribution in [0.1, 0.15) is 0 Å². The van der Waals surface area contributed by atoms with Crippen LogP contribution in [-0.4, -0.2) is 30.3 Å².